The summed E-state index contributed by atoms with van der Waals surface area (Å²) >= 11 is 0. The molecule has 1 N–H and O–H groups in total. The summed E-state index contributed by atoms with van der Waals surface area (Å²) in [6.45, 7) is 1.84. The van der Waals surface area contributed by atoms with E-state index in [4.69, 9.17) is 9.47 Å². The molecule has 2 fully saturated rings. The smallest absolute Gasteiger partial charge is 0.164 e. The lowest BCUT2D eigenvalue weighted by Gasteiger charge is -2.44. The van der Waals surface area contributed by atoms with Crippen LogP contribution in [0.15, 0.2) is 18.2 Å². The molecule has 2 aliphatic heterocycles. The quantitative estimate of drug-likeness (QED) is 0.912. The second kappa shape index (κ2) is 5.99. The third-order valence-corrected chi connectivity index (χ3v) is 4.68. The Balaban J connectivity index is 1.78. The Labute approximate surface area is 122 Å². The molecule has 2 unspecified atom stereocenters. The highest BCUT2D eigenvalue weighted by atomic mass is 19.2. The molecular weight excluding hydrogens is 278 g/mol. The van der Waals surface area contributed by atoms with Crippen molar-refractivity contribution in [2.75, 3.05) is 19.8 Å². The van der Waals surface area contributed by atoms with Crippen LogP contribution in [0.1, 0.15) is 37.4 Å². The number of rotatable bonds is 2. The van der Waals surface area contributed by atoms with E-state index in [1.165, 1.54) is 12.1 Å². The van der Waals surface area contributed by atoms with Crippen LogP contribution < -0.4 is 0 Å². The Morgan fingerprint density at radius 1 is 1.19 bits per heavy atom. The lowest BCUT2D eigenvalue weighted by molar-refractivity contribution is -0.159. The molecule has 3 rings (SSSR count). The van der Waals surface area contributed by atoms with E-state index in [2.05, 4.69) is 0 Å². The molecule has 116 valence electrons. The Morgan fingerprint density at radius 2 is 1.95 bits per heavy atom. The second-order valence-electron chi connectivity index (χ2n) is 5.98. The summed E-state index contributed by atoms with van der Waals surface area (Å²) in [7, 11) is 0. The third kappa shape index (κ3) is 2.96. The van der Waals surface area contributed by atoms with E-state index in [0.29, 0.717) is 32.7 Å². The Morgan fingerprint density at radius 3 is 2.71 bits per heavy atom. The lowest BCUT2D eigenvalue weighted by atomic mass is 9.77. The summed E-state index contributed by atoms with van der Waals surface area (Å²) in [6, 6.07) is 3.95. The van der Waals surface area contributed by atoms with Gasteiger partial charge in [-0.2, -0.15) is 0 Å². The van der Waals surface area contributed by atoms with Gasteiger partial charge >= 0.3 is 0 Å². The zero-order valence-electron chi connectivity index (χ0n) is 11.9. The average molecular weight is 298 g/mol. The molecule has 2 heterocycles. The van der Waals surface area contributed by atoms with Crippen molar-refractivity contribution in [2.45, 2.75) is 37.4 Å². The number of halogens is 2. The topological polar surface area (TPSA) is 38.7 Å². The normalized spacial score (nSPS) is 26.7. The summed E-state index contributed by atoms with van der Waals surface area (Å²) in [5.74, 6) is -1.98. The monoisotopic (exact) mass is 298 g/mol. The predicted octanol–water partition coefficient (Wildman–Crippen LogP) is 2.97. The molecule has 0 aliphatic carbocycles. The molecule has 21 heavy (non-hydrogen) atoms. The molecule has 2 atom stereocenters. The first-order chi connectivity index (χ1) is 10.1. The molecule has 2 saturated heterocycles. The molecule has 0 aromatic heterocycles. The van der Waals surface area contributed by atoms with Crippen LogP contribution in [0, 0.1) is 17.6 Å². The van der Waals surface area contributed by atoms with Crippen molar-refractivity contribution in [1.82, 2.24) is 0 Å². The number of ether oxygens (including phenoxy) is 2. The van der Waals surface area contributed by atoms with Gasteiger partial charge in [0.1, 0.15) is 0 Å². The summed E-state index contributed by atoms with van der Waals surface area (Å²) in [5.41, 5.74) is -0.226. The second-order valence-corrected chi connectivity index (χ2v) is 5.98. The number of benzene rings is 1. The van der Waals surface area contributed by atoms with Gasteiger partial charge in [0.05, 0.1) is 11.7 Å². The fourth-order valence-corrected chi connectivity index (χ4v) is 3.43. The van der Waals surface area contributed by atoms with E-state index in [0.717, 1.165) is 18.9 Å². The van der Waals surface area contributed by atoms with Crippen LogP contribution in [-0.2, 0) is 9.47 Å². The molecule has 1 aromatic rings. The van der Waals surface area contributed by atoms with Gasteiger partial charge in [-0.05, 0) is 37.7 Å². The van der Waals surface area contributed by atoms with E-state index in [9.17, 15) is 13.9 Å². The Hall–Kier alpha value is -1.04. The van der Waals surface area contributed by atoms with Gasteiger partial charge in [-0.25, -0.2) is 8.78 Å². The predicted molar refractivity (Wildman–Crippen MR) is 72.8 cm³/mol. The molecule has 0 radical (unpaired) electrons. The van der Waals surface area contributed by atoms with Gasteiger partial charge in [0, 0.05) is 25.4 Å². The van der Waals surface area contributed by atoms with Gasteiger partial charge in [-0.15, -0.1) is 0 Å². The van der Waals surface area contributed by atoms with Crippen LogP contribution in [0.2, 0.25) is 0 Å². The fraction of sp³-hybridized carbons (Fsp3) is 0.625. The summed E-state index contributed by atoms with van der Waals surface area (Å²) in [6.07, 6.45) is 1.90. The first kappa shape index (κ1) is 14.9. The third-order valence-electron chi connectivity index (χ3n) is 4.68. The van der Waals surface area contributed by atoms with Gasteiger partial charge in [-0.1, -0.05) is 12.1 Å². The molecule has 2 aliphatic rings. The molecule has 0 bridgehead atoms. The number of hydrogen-bond acceptors (Lipinski definition) is 3. The van der Waals surface area contributed by atoms with Gasteiger partial charge < -0.3 is 14.6 Å². The number of hydrogen-bond donors (Lipinski definition) is 1. The summed E-state index contributed by atoms with van der Waals surface area (Å²) < 4.78 is 38.5. The number of aliphatic hydroxyl groups excluding tert-OH is 1. The minimum atomic E-state index is -0.996. The van der Waals surface area contributed by atoms with Crippen LogP contribution in [0.4, 0.5) is 8.78 Å². The zero-order valence-corrected chi connectivity index (χ0v) is 11.9. The fourth-order valence-electron chi connectivity index (χ4n) is 3.43. The van der Waals surface area contributed by atoms with Crippen LogP contribution in [-0.4, -0.2) is 30.5 Å². The Kier molecular flexibility index (Phi) is 4.24. The van der Waals surface area contributed by atoms with Crippen molar-refractivity contribution >= 4 is 0 Å². The van der Waals surface area contributed by atoms with Crippen LogP contribution in [0.25, 0.3) is 0 Å². The number of aliphatic hydroxyl groups is 1. The van der Waals surface area contributed by atoms with Crippen LogP contribution >= 0.6 is 0 Å². The maximum Gasteiger partial charge on any atom is 0.164 e. The molecular formula is C16H20F2O3. The molecule has 0 amide bonds. The summed E-state index contributed by atoms with van der Waals surface area (Å²) in [4.78, 5) is 0. The van der Waals surface area contributed by atoms with E-state index < -0.39 is 17.7 Å². The van der Waals surface area contributed by atoms with Gasteiger partial charge in [0.25, 0.3) is 0 Å². The van der Waals surface area contributed by atoms with Gasteiger partial charge in [0.15, 0.2) is 11.6 Å². The van der Waals surface area contributed by atoms with E-state index in [-0.39, 0.29) is 17.1 Å². The van der Waals surface area contributed by atoms with Gasteiger partial charge in [-0.3, -0.25) is 0 Å². The highest BCUT2D eigenvalue weighted by Crippen LogP contribution is 2.42. The minimum Gasteiger partial charge on any atom is -0.388 e. The molecule has 5 heteroatoms. The van der Waals surface area contributed by atoms with Gasteiger partial charge in [0.2, 0.25) is 0 Å². The van der Waals surface area contributed by atoms with E-state index >= 15 is 0 Å². The maximum absolute atomic E-state index is 13.9. The first-order valence-corrected chi connectivity index (χ1v) is 7.45. The molecule has 1 aromatic carbocycles. The van der Waals surface area contributed by atoms with Crippen molar-refractivity contribution in [2.24, 2.45) is 5.92 Å². The van der Waals surface area contributed by atoms with Crippen molar-refractivity contribution < 1.29 is 23.4 Å². The molecule has 0 saturated carbocycles. The van der Waals surface area contributed by atoms with E-state index in [1.807, 2.05) is 0 Å². The van der Waals surface area contributed by atoms with E-state index in [1.54, 1.807) is 0 Å². The maximum atomic E-state index is 13.9. The van der Waals surface area contributed by atoms with Crippen molar-refractivity contribution in [3.63, 3.8) is 0 Å². The average Bonchev–Trinajstić information content (AvgIpc) is 2.50. The standard InChI is InChI=1S/C16H20F2O3/c17-13-3-1-2-12(14(13)18)15(19)11-4-7-21-16(10-11)5-8-20-9-6-16/h1-3,11,15,19H,4-10H2. The highest BCUT2D eigenvalue weighted by Gasteiger charge is 2.41. The molecule has 1 spiro atoms. The molecule has 3 nitrogen and oxygen atoms in total. The van der Waals surface area contributed by atoms with Crippen molar-refractivity contribution in [3.8, 4) is 0 Å². The first-order valence-electron chi connectivity index (χ1n) is 7.45. The largest absolute Gasteiger partial charge is 0.388 e. The van der Waals surface area contributed by atoms with Crippen molar-refractivity contribution in [1.29, 1.82) is 0 Å². The van der Waals surface area contributed by atoms with Crippen molar-refractivity contribution in [3.05, 3.63) is 35.4 Å². The minimum absolute atomic E-state index is 0.0455. The van der Waals surface area contributed by atoms with Crippen LogP contribution in [0.5, 0.6) is 0 Å². The SMILES string of the molecule is OC(c1cccc(F)c1F)C1CCOC2(CCOCC2)C1. The lowest BCUT2D eigenvalue weighted by Crippen LogP contribution is -2.45. The zero-order chi connectivity index (χ0) is 14.9. The van der Waals surface area contributed by atoms with Crippen LogP contribution in [0.3, 0.4) is 0 Å². The highest BCUT2D eigenvalue weighted by molar-refractivity contribution is 5.22. The Bertz CT molecular complexity index is 495. The summed E-state index contributed by atoms with van der Waals surface area (Å²) in [5, 5.41) is 10.5.